The van der Waals surface area contributed by atoms with Crippen molar-refractivity contribution in [1.29, 1.82) is 0 Å². The van der Waals surface area contributed by atoms with E-state index in [0.717, 1.165) is 0 Å². The number of nitro benzene ring substituents is 1. The molecule has 148 valence electrons. The van der Waals surface area contributed by atoms with Crippen LogP contribution in [-0.4, -0.2) is 41.5 Å². The topological polar surface area (TPSA) is 81.9 Å². The molecule has 1 heterocycles. The SMILES string of the molecule is CCOc1ccccc1OC1CCN(C(=O)c2ccc([N+](=O)[O-])cc2Cl)CC1. The Hall–Kier alpha value is -2.80. The van der Waals surface area contributed by atoms with Gasteiger partial charge in [-0.15, -0.1) is 0 Å². The fourth-order valence-corrected chi connectivity index (χ4v) is 3.40. The minimum absolute atomic E-state index is 0.0158. The molecule has 7 nitrogen and oxygen atoms in total. The van der Waals surface area contributed by atoms with Crippen molar-refractivity contribution in [2.45, 2.75) is 25.9 Å². The smallest absolute Gasteiger partial charge is 0.270 e. The lowest BCUT2D eigenvalue weighted by Gasteiger charge is -2.32. The van der Waals surface area contributed by atoms with Gasteiger partial charge in [-0.1, -0.05) is 23.7 Å². The number of non-ortho nitro benzene ring substituents is 1. The summed E-state index contributed by atoms with van der Waals surface area (Å²) in [4.78, 5) is 24.7. The molecular weight excluding hydrogens is 384 g/mol. The second-order valence-electron chi connectivity index (χ2n) is 6.41. The van der Waals surface area contributed by atoms with Crippen LogP contribution in [0.4, 0.5) is 5.69 Å². The maximum atomic E-state index is 12.7. The number of hydrogen-bond acceptors (Lipinski definition) is 5. The molecule has 1 amide bonds. The Morgan fingerprint density at radius 1 is 1.21 bits per heavy atom. The van der Waals surface area contributed by atoms with Crippen LogP contribution in [0.3, 0.4) is 0 Å². The molecule has 0 saturated carbocycles. The number of nitro groups is 1. The summed E-state index contributed by atoms with van der Waals surface area (Å²) in [6.45, 7) is 3.52. The van der Waals surface area contributed by atoms with E-state index in [2.05, 4.69) is 0 Å². The molecule has 0 unspecified atom stereocenters. The van der Waals surface area contributed by atoms with E-state index in [1.165, 1.54) is 18.2 Å². The first kappa shape index (κ1) is 19.9. The van der Waals surface area contributed by atoms with Crippen molar-refractivity contribution in [2.24, 2.45) is 0 Å². The van der Waals surface area contributed by atoms with Crippen molar-refractivity contribution in [3.63, 3.8) is 0 Å². The number of amides is 1. The first-order chi connectivity index (χ1) is 13.5. The number of nitrogens with zero attached hydrogens (tertiary/aromatic N) is 2. The van der Waals surface area contributed by atoms with E-state index in [1.807, 2.05) is 31.2 Å². The van der Waals surface area contributed by atoms with Gasteiger partial charge in [0.1, 0.15) is 6.10 Å². The highest BCUT2D eigenvalue weighted by atomic mass is 35.5. The fourth-order valence-electron chi connectivity index (χ4n) is 3.14. The van der Waals surface area contributed by atoms with Crippen molar-refractivity contribution in [3.8, 4) is 11.5 Å². The summed E-state index contributed by atoms with van der Waals surface area (Å²) in [5.74, 6) is 1.18. The Morgan fingerprint density at radius 2 is 1.89 bits per heavy atom. The first-order valence-corrected chi connectivity index (χ1v) is 9.49. The van der Waals surface area contributed by atoms with Gasteiger partial charge in [0.05, 0.1) is 22.1 Å². The Kier molecular flexibility index (Phi) is 6.36. The molecule has 0 aliphatic carbocycles. The minimum Gasteiger partial charge on any atom is -0.490 e. The van der Waals surface area contributed by atoms with Crippen LogP contribution in [-0.2, 0) is 0 Å². The quantitative estimate of drug-likeness (QED) is 0.528. The monoisotopic (exact) mass is 404 g/mol. The first-order valence-electron chi connectivity index (χ1n) is 9.11. The minimum atomic E-state index is -0.539. The lowest BCUT2D eigenvalue weighted by Crippen LogP contribution is -2.41. The lowest BCUT2D eigenvalue weighted by atomic mass is 10.1. The van der Waals surface area contributed by atoms with Crippen LogP contribution >= 0.6 is 11.6 Å². The zero-order chi connectivity index (χ0) is 20.1. The third kappa shape index (κ3) is 4.54. The van der Waals surface area contributed by atoms with E-state index in [-0.39, 0.29) is 28.3 Å². The number of halogens is 1. The molecule has 0 N–H and O–H groups in total. The van der Waals surface area contributed by atoms with Crippen molar-refractivity contribution in [2.75, 3.05) is 19.7 Å². The maximum absolute atomic E-state index is 12.7. The predicted molar refractivity (Wildman–Crippen MR) is 105 cm³/mol. The molecule has 1 saturated heterocycles. The van der Waals surface area contributed by atoms with Crippen LogP contribution in [0, 0.1) is 10.1 Å². The van der Waals surface area contributed by atoms with Gasteiger partial charge >= 0.3 is 0 Å². The Balaban J connectivity index is 1.61. The zero-order valence-corrected chi connectivity index (χ0v) is 16.2. The molecule has 0 radical (unpaired) electrons. The highest BCUT2D eigenvalue weighted by Gasteiger charge is 2.27. The Morgan fingerprint density at radius 3 is 2.50 bits per heavy atom. The molecule has 1 aliphatic rings. The van der Waals surface area contributed by atoms with Crippen LogP contribution < -0.4 is 9.47 Å². The van der Waals surface area contributed by atoms with Crippen LogP contribution in [0.2, 0.25) is 5.02 Å². The average Bonchev–Trinajstić information content (AvgIpc) is 2.69. The molecular formula is C20H21ClN2O5. The van der Waals surface area contributed by atoms with E-state index >= 15 is 0 Å². The molecule has 1 aliphatic heterocycles. The van der Waals surface area contributed by atoms with Crippen molar-refractivity contribution in [3.05, 3.63) is 63.2 Å². The molecule has 3 rings (SSSR count). The predicted octanol–water partition coefficient (Wildman–Crippen LogP) is 4.33. The van der Waals surface area contributed by atoms with Crippen molar-refractivity contribution in [1.82, 2.24) is 4.90 Å². The summed E-state index contributed by atoms with van der Waals surface area (Å²) in [5.41, 5.74) is 0.134. The Labute approximate surface area is 168 Å². The number of ether oxygens (including phenoxy) is 2. The van der Waals surface area contributed by atoms with Crippen LogP contribution in [0.25, 0.3) is 0 Å². The fraction of sp³-hybridized carbons (Fsp3) is 0.350. The van der Waals surface area contributed by atoms with Gasteiger partial charge in [-0.2, -0.15) is 0 Å². The van der Waals surface area contributed by atoms with E-state index in [9.17, 15) is 14.9 Å². The molecule has 0 spiro atoms. The van der Waals surface area contributed by atoms with Crippen LogP contribution in [0.5, 0.6) is 11.5 Å². The van der Waals surface area contributed by atoms with Gasteiger partial charge < -0.3 is 14.4 Å². The highest BCUT2D eigenvalue weighted by molar-refractivity contribution is 6.34. The van der Waals surface area contributed by atoms with E-state index in [4.69, 9.17) is 21.1 Å². The summed E-state index contributed by atoms with van der Waals surface area (Å²) in [6.07, 6.45) is 1.34. The van der Waals surface area contributed by atoms with Gasteiger partial charge in [-0.05, 0) is 25.1 Å². The molecule has 0 aromatic heterocycles. The summed E-state index contributed by atoms with van der Waals surface area (Å²) >= 11 is 6.08. The molecule has 2 aromatic rings. The van der Waals surface area contributed by atoms with Crippen molar-refractivity contribution < 1.29 is 19.2 Å². The number of rotatable bonds is 6. The summed E-state index contributed by atoms with van der Waals surface area (Å²) in [6, 6.07) is 11.4. The van der Waals surface area contributed by atoms with Crippen molar-refractivity contribution >= 4 is 23.2 Å². The van der Waals surface area contributed by atoms with Crippen LogP contribution in [0.15, 0.2) is 42.5 Å². The average molecular weight is 405 g/mol. The van der Waals surface area contributed by atoms with Gasteiger partial charge in [-0.3, -0.25) is 14.9 Å². The molecule has 8 heteroatoms. The number of carbonyl (C=O) groups excluding carboxylic acids is 1. The normalized spacial score (nSPS) is 14.6. The number of likely N-dealkylation sites (tertiary alicyclic amines) is 1. The molecule has 1 fully saturated rings. The third-order valence-electron chi connectivity index (χ3n) is 4.57. The largest absolute Gasteiger partial charge is 0.490 e. The van der Waals surface area contributed by atoms with E-state index in [0.29, 0.717) is 44.0 Å². The molecule has 0 bridgehead atoms. The van der Waals surface area contributed by atoms with E-state index < -0.39 is 4.92 Å². The lowest BCUT2D eigenvalue weighted by molar-refractivity contribution is -0.384. The van der Waals surface area contributed by atoms with E-state index in [1.54, 1.807) is 4.90 Å². The van der Waals surface area contributed by atoms with Gasteiger partial charge in [0.15, 0.2) is 11.5 Å². The van der Waals surface area contributed by atoms with Gasteiger partial charge in [0.25, 0.3) is 11.6 Å². The number of para-hydroxylation sites is 2. The third-order valence-corrected chi connectivity index (χ3v) is 4.88. The zero-order valence-electron chi connectivity index (χ0n) is 15.5. The second kappa shape index (κ2) is 8.93. The summed E-state index contributed by atoms with van der Waals surface area (Å²) < 4.78 is 11.7. The van der Waals surface area contributed by atoms with Gasteiger partial charge in [-0.25, -0.2) is 0 Å². The Bertz CT molecular complexity index is 865. The van der Waals surface area contributed by atoms with Crippen LogP contribution in [0.1, 0.15) is 30.1 Å². The second-order valence-corrected chi connectivity index (χ2v) is 6.82. The molecule has 28 heavy (non-hydrogen) atoms. The highest BCUT2D eigenvalue weighted by Crippen LogP contribution is 2.30. The molecule has 2 aromatic carbocycles. The van der Waals surface area contributed by atoms with Gasteiger partial charge in [0, 0.05) is 38.1 Å². The molecule has 0 atom stereocenters. The number of piperidine rings is 1. The summed E-state index contributed by atoms with van der Waals surface area (Å²) in [5, 5.41) is 10.9. The standard InChI is InChI=1S/C20H21ClN2O5/c1-2-27-18-5-3-4-6-19(18)28-15-9-11-22(12-10-15)20(24)16-8-7-14(23(25)26)13-17(16)21/h3-8,13,15H,2,9-12H2,1H3. The number of benzene rings is 2. The maximum Gasteiger partial charge on any atom is 0.270 e. The number of hydrogen-bond donors (Lipinski definition) is 0. The van der Waals surface area contributed by atoms with Gasteiger partial charge in [0.2, 0.25) is 0 Å². The number of carbonyl (C=O) groups is 1. The summed E-state index contributed by atoms with van der Waals surface area (Å²) in [7, 11) is 0.